The Bertz CT molecular complexity index is 1630. The fourth-order valence-electron chi connectivity index (χ4n) is 4.44. The third kappa shape index (κ3) is 4.67. The van der Waals surface area contributed by atoms with Crippen molar-refractivity contribution in [3.05, 3.63) is 83.7 Å². The minimum atomic E-state index is -4.62. The van der Waals surface area contributed by atoms with E-state index in [9.17, 15) is 17.6 Å². The molecule has 1 N–H and O–H groups in total. The summed E-state index contributed by atoms with van der Waals surface area (Å²) in [4.78, 5) is 15.9. The SMILES string of the molecule is Cc1nn(C)c(C)c1-c1cc(-c2ccc(F)cc2)cc2c(NC(C)c3cnc(C(F)(F)F)nc3)ncnc12. The van der Waals surface area contributed by atoms with Crippen LogP contribution in [0.1, 0.15) is 35.7 Å². The maximum Gasteiger partial charge on any atom is 0.451 e. The average molecular weight is 522 g/mol. The largest absolute Gasteiger partial charge is 0.451 e. The Morgan fingerprint density at radius 2 is 1.61 bits per heavy atom. The van der Waals surface area contributed by atoms with Crippen molar-refractivity contribution in [1.29, 1.82) is 0 Å². The third-order valence-corrected chi connectivity index (χ3v) is 6.47. The molecule has 0 fully saturated rings. The minimum absolute atomic E-state index is 0.341. The van der Waals surface area contributed by atoms with E-state index in [-0.39, 0.29) is 5.82 Å². The lowest BCUT2D eigenvalue weighted by Crippen LogP contribution is -2.14. The molecule has 194 valence electrons. The van der Waals surface area contributed by atoms with Crippen molar-refractivity contribution < 1.29 is 17.6 Å². The normalized spacial score (nSPS) is 12.6. The third-order valence-electron chi connectivity index (χ3n) is 6.47. The fraction of sp³-hybridized carbons (Fsp3) is 0.222. The van der Waals surface area contributed by atoms with E-state index in [2.05, 4.69) is 30.4 Å². The zero-order chi connectivity index (χ0) is 27.2. The van der Waals surface area contributed by atoms with Gasteiger partial charge in [-0.3, -0.25) is 4.68 Å². The van der Waals surface area contributed by atoms with Gasteiger partial charge in [0.25, 0.3) is 0 Å². The number of alkyl halides is 3. The van der Waals surface area contributed by atoms with Crippen molar-refractivity contribution >= 4 is 16.7 Å². The predicted molar refractivity (Wildman–Crippen MR) is 136 cm³/mol. The van der Waals surface area contributed by atoms with Crippen LogP contribution < -0.4 is 5.32 Å². The summed E-state index contributed by atoms with van der Waals surface area (Å²) < 4.78 is 54.1. The molecule has 3 aromatic heterocycles. The van der Waals surface area contributed by atoms with Gasteiger partial charge < -0.3 is 5.32 Å². The van der Waals surface area contributed by atoms with E-state index >= 15 is 0 Å². The van der Waals surface area contributed by atoms with Crippen LogP contribution in [0, 0.1) is 19.7 Å². The van der Waals surface area contributed by atoms with E-state index in [1.807, 2.05) is 33.0 Å². The molecule has 1 unspecified atom stereocenters. The molecule has 0 aliphatic heterocycles. The van der Waals surface area contributed by atoms with Gasteiger partial charge in [0.15, 0.2) is 0 Å². The van der Waals surface area contributed by atoms with Gasteiger partial charge in [-0.1, -0.05) is 12.1 Å². The summed E-state index contributed by atoms with van der Waals surface area (Å²) in [6.45, 7) is 5.67. The van der Waals surface area contributed by atoms with Gasteiger partial charge in [0.2, 0.25) is 5.82 Å². The van der Waals surface area contributed by atoms with Crippen LogP contribution >= 0.6 is 0 Å². The highest BCUT2D eigenvalue weighted by molar-refractivity contribution is 6.03. The number of nitrogens with zero attached hydrogens (tertiary/aromatic N) is 6. The van der Waals surface area contributed by atoms with Gasteiger partial charge in [0.1, 0.15) is 18.0 Å². The van der Waals surface area contributed by atoms with Crippen LogP contribution in [-0.2, 0) is 13.2 Å². The number of fused-ring (bicyclic) bond motifs is 1. The Morgan fingerprint density at radius 1 is 0.921 bits per heavy atom. The summed E-state index contributed by atoms with van der Waals surface area (Å²) in [6, 6.07) is 9.63. The summed E-state index contributed by atoms with van der Waals surface area (Å²) in [5.74, 6) is -1.06. The maximum atomic E-state index is 13.7. The Hall–Kier alpha value is -4.41. The quantitative estimate of drug-likeness (QED) is 0.268. The highest BCUT2D eigenvalue weighted by Gasteiger charge is 2.34. The lowest BCUT2D eigenvalue weighted by Gasteiger charge is -2.18. The van der Waals surface area contributed by atoms with E-state index in [0.29, 0.717) is 22.3 Å². The molecule has 0 saturated carbocycles. The van der Waals surface area contributed by atoms with Crippen molar-refractivity contribution in [2.24, 2.45) is 7.05 Å². The Kier molecular flexibility index (Phi) is 6.29. The lowest BCUT2D eigenvalue weighted by molar-refractivity contribution is -0.145. The van der Waals surface area contributed by atoms with Crippen molar-refractivity contribution in [1.82, 2.24) is 29.7 Å². The molecule has 1 atom stereocenters. The van der Waals surface area contributed by atoms with Crippen molar-refractivity contribution in [2.75, 3.05) is 5.32 Å². The molecular formula is C27H23F4N7. The van der Waals surface area contributed by atoms with Crippen LogP contribution in [0.15, 0.2) is 55.1 Å². The highest BCUT2D eigenvalue weighted by atomic mass is 19.4. The van der Waals surface area contributed by atoms with Gasteiger partial charge in [-0.2, -0.15) is 18.3 Å². The second-order valence-electron chi connectivity index (χ2n) is 9.02. The van der Waals surface area contributed by atoms with E-state index in [1.165, 1.54) is 18.5 Å². The van der Waals surface area contributed by atoms with Crippen LogP contribution in [0.25, 0.3) is 33.2 Å². The molecular weight excluding hydrogens is 498 g/mol. The molecule has 2 aromatic carbocycles. The second-order valence-corrected chi connectivity index (χ2v) is 9.02. The molecule has 38 heavy (non-hydrogen) atoms. The van der Waals surface area contributed by atoms with Gasteiger partial charge in [-0.25, -0.2) is 24.3 Å². The van der Waals surface area contributed by atoms with Crippen molar-refractivity contribution in [3.8, 4) is 22.3 Å². The number of aryl methyl sites for hydroxylation is 2. The maximum absolute atomic E-state index is 13.7. The molecule has 0 aliphatic rings. The predicted octanol–water partition coefficient (Wildman–Crippen LogP) is 6.44. The molecule has 3 heterocycles. The fourth-order valence-corrected chi connectivity index (χ4v) is 4.44. The molecule has 0 amide bonds. The van der Waals surface area contributed by atoms with Crippen molar-refractivity contribution in [2.45, 2.75) is 33.0 Å². The molecule has 11 heteroatoms. The first-order chi connectivity index (χ1) is 18.0. The second kappa shape index (κ2) is 9.47. The zero-order valence-corrected chi connectivity index (χ0v) is 21.0. The number of halogens is 4. The molecule has 0 radical (unpaired) electrons. The van der Waals surface area contributed by atoms with Gasteiger partial charge in [-0.05, 0) is 56.2 Å². The van der Waals surface area contributed by atoms with E-state index < -0.39 is 18.0 Å². The number of benzene rings is 2. The number of hydrogen-bond donors (Lipinski definition) is 1. The van der Waals surface area contributed by atoms with Crippen LogP contribution in [0.2, 0.25) is 0 Å². The van der Waals surface area contributed by atoms with Gasteiger partial charge >= 0.3 is 6.18 Å². The summed E-state index contributed by atoms with van der Waals surface area (Å²) in [5.41, 5.74) is 6.28. The number of anilines is 1. The molecule has 0 bridgehead atoms. The first-order valence-electron chi connectivity index (χ1n) is 11.7. The van der Waals surface area contributed by atoms with Crippen LogP contribution in [-0.4, -0.2) is 29.7 Å². The summed E-state index contributed by atoms with van der Waals surface area (Å²) in [5, 5.41) is 8.51. The van der Waals surface area contributed by atoms with E-state index in [4.69, 9.17) is 0 Å². The first-order valence-corrected chi connectivity index (χ1v) is 11.7. The number of nitrogens with one attached hydrogen (secondary N) is 1. The summed E-state index contributed by atoms with van der Waals surface area (Å²) >= 11 is 0. The van der Waals surface area contributed by atoms with Crippen LogP contribution in [0.5, 0.6) is 0 Å². The number of hydrogen-bond acceptors (Lipinski definition) is 6. The number of aromatic nitrogens is 6. The molecule has 0 saturated heterocycles. The van der Waals surface area contributed by atoms with Gasteiger partial charge in [0, 0.05) is 47.2 Å². The summed E-state index contributed by atoms with van der Waals surface area (Å²) in [7, 11) is 1.87. The van der Waals surface area contributed by atoms with E-state index in [0.717, 1.165) is 46.0 Å². The Morgan fingerprint density at radius 3 is 2.21 bits per heavy atom. The van der Waals surface area contributed by atoms with Crippen LogP contribution in [0.3, 0.4) is 0 Å². The van der Waals surface area contributed by atoms with Crippen molar-refractivity contribution in [3.63, 3.8) is 0 Å². The minimum Gasteiger partial charge on any atom is -0.363 e. The lowest BCUT2D eigenvalue weighted by atomic mass is 9.94. The molecule has 7 nitrogen and oxygen atoms in total. The molecule has 0 spiro atoms. The Balaban J connectivity index is 1.65. The standard InChI is InChI=1S/C27H23F4N7/c1-14(19-11-32-26(33-12-19)27(29,30)31)36-25-22-10-18(17-5-7-20(28)8-6-17)9-21(24(22)34-13-35-25)23-15(2)37-38(4)16(23)3/h5-14H,1-4H3,(H,34,35,36). The summed E-state index contributed by atoms with van der Waals surface area (Å²) in [6.07, 6.45) is -0.889. The van der Waals surface area contributed by atoms with Crippen LogP contribution in [0.4, 0.5) is 23.4 Å². The smallest absolute Gasteiger partial charge is 0.363 e. The topological polar surface area (TPSA) is 81.4 Å². The molecule has 5 rings (SSSR count). The molecule has 5 aromatic rings. The first kappa shape index (κ1) is 25.2. The monoisotopic (exact) mass is 521 g/mol. The Labute approximate surface area is 215 Å². The highest BCUT2D eigenvalue weighted by Crippen LogP contribution is 2.38. The number of rotatable bonds is 5. The molecule has 0 aliphatic carbocycles. The van der Waals surface area contributed by atoms with E-state index in [1.54, 1.807) is 23.7 Å². The average Bonchev–Trinajstić information content (AvgIpc) is 3.14. The zero-order valence-electron chi connectivity index (χ0n) is 21.0. The van der Waals surface area contributed by atoms with Gasteiger partial charge in [0.05, 0.1) is 17.3 Å². The van der Waals surface area contributed by atoms with Gasteiger partial charge in [-0.15, -0.1) is 0 Å².